The smallest absolute Gasteiger partial charge is 0.337 e. The van der Waals surface area contributed by atoms with Gasteiger partial charge in [-0.25, -0.2) is 9.78 Å². The maximum Gasteiger partial charge on any atom is 0.337 e. The molecule has 0 radical (unpaired) electrons. The van der Waals surface area contributed by atoms with E-state index in [9.17, 15) is 14.4 Å². The number of fused-ring (bicyclic) bond motifs is 1. The molecule has 33 heavy (non-hydrogen) atoms. The minimum absolute atomic E-state index is 0.0237. The SMILES string of the molecule is COC(=O)c1ccc(Cl)c(NC(=O)CCn2cnc3scc(-c4ccc(C)cc4)c3c2=O)c1. The monoisotopic (exact) mass is 481 g/mol. The van der Waals surface area contributed by atoms with Crippen LogP contribution in [-0.2, 0) is 16.1 Å². The summed E-state index contributed by atoms with van der Waals surface area (Å²) in [5, 5.41) is 5.44. The van der Waals surface area contributed by atoms with Crippen molar-refractivity contribution in [3.63, 3.8) is 0 Å². The van der Waals surface area contributed by atoms with Crippen LogP contribution in [0.5, 0.6) is 0 Å². The lowest BCUT2D eigenvalue weighted by molar-refractivity contribution is -0.116. The van der Waals surface area contributed by atoms with E-state index in [1.54, 1.807) is 0 Å². The van der Waals surface area contributed by atoms with Crippen molar-refractivity contribution in [3.05, 3.63) is 80.7 Å². The van der Waals surface area contributed by atoms with Crippen molar-refractivity contribution in [2.75, 3.05) is 12.4 Å². The van der Waals surface area contributed by atoms with Gasteiger partial charge in [-0.2, -0.15) is 0 Å². The highest BCUT2D eigenvalue weighted by Crippen LogP contribution is 2.30. The van der Waals surface area contributed by atoms with Gasteiger partial charge in [0.15, 0.2) is 0 Å². The van der Waals surface area contributed by atoms with E-state index in [-0.39, 0.29) is 35.0 Å². The molecule has 0 aliphatic rings. The predicted molar refractivity (Wildman–Crippen MR) is 130 cm³/mol. The molecule has 0 saturated heterocycles. The molecule has 0 fully saturated rings. The fourth-order valence-electron chi connectivity index (χ4n) is 3.37. The number of halogens is 1. The van der Waals surface area contributed by atoms with Crippen LogP contribution in [0.4, 0.5) is 5.69 Å². The third-order valence-corrected chi connectivity index (χ3v) is 6.38. The fourth-order valence-corrected chi connectivity index (χ4v) is 4.44. The number of ether oxygens (including phenoxy) is 1. The van der Waals surface area contributed by atoms with Crippen molar-refractivity contribution in [1.82, 2.24) is 9.55 Å². The van der Waals surface area contributed by atoms with Gasteiger partial charge in [0.05, 0.1) is 35.1 Å². The number of anilines is 1. The summed E-state index contributed by atoms with van der Waals surface area (Å²) >= 11 is 7.55. The number of benzene rings is 2. The Bertz CT molecular complexity index is 1410. The van der Waals surface area contributed by atoms with E-state index in [4.69, 9.17) is 16.3 Å². The van der Waals surface area contributed by atoms with Crippen LogP contribution < -0.4 is 10.9 Å². The van der Waals surface area contributed by atoms with Crippen LogP contribution >= 0.6 is 22.9 Å². The second kappa shape index (κ2) is 9.56. The number of esters is 1. The molecule has 0 saturated carbocycles. The van der Waals surface area contributed by atoms with Crippen LogP contribution in [0.15, 0.2) is 59.0 Å². The number of methoxy groups -OCH3 is 1. The molecule has 0 atom stereocenters. The average Bonchev–Trinajstić information content (AvgIpc) is 3.25. The molecule has 7 nitrogen and oxygen atoms in total. The molecule has 0 spiro atoms. The molecule has 0 aliphatic carbocycles. The van der Waals surface area contributed by atoms with E-state index in [1.807, 2.05) is 36.6 Å². The molecule has 1 amide bonds. The first-order valence-electron chi connectivity index (χ1n) is 10.1. The molecule has 0 bridgehead atoms. The first-order chi connectivity index (χ1) is 15.9. The van der Waals surface area contributed by atoms with Crippen molar-refractivity contribution in [2.45, 2.75) is 19.9 Å². The largest absolute Gasteiger partial charge is 0.465 e. The Hall–Kier alpha value is -3.49. The van der Waals surface area contributed by atoms with Gasteiger partial charge < -0.3 is 10.1 Å². The summed E-state index contributed by atoms with van der Waals surface area (Å²) in [5.41, 5.74) is 3.28. The molecule has 0 unspecified atom stereocenters. The third-order valence-electron chi connectivity index (χ3n) is 5.16. The standard InChI is InChI=1S/C24H20ClN3O4S/c1-14-3-5-15(6-4-14)17-12-33-22-21(17)23(30)28(13-26-22)10-9-20(29)27-19-11-16(24(31)32-2)7-8-18(19)25/h3-8,11-13H,9-10H2,1-2H3,(H,27,29). The van der Waals surface area contributed by atoms with E-state index >= 15 is 0 Å². The Labute approximate surface area is 198 Å². The van der Waals surface area contributed by atoms with Crippen LogP contribution in [0.1, 0.15) is 22.3 Å². The Morgan fingerprint density at radius 2 is 1.94 bits per heavy atom. The summed E-state index contributed by atoms with van der Waals surface area (Å²) in [6, 6.07) is 12.4. The number of nitrogens with zero attached hydrogens (tertiary/aromatic N) is 2. The first kappa shape index (κ1) is 22.7. The van der Waals surface area contributed by atoms with Crippen molar-refractivity contribution in [1.29, 1.82) is 0 Å². The number of amides is 1. The Morgan fingerprint density at radius 3 is 2.67 bits per heavy atom. The highest BCUT2D eigenvalue weighted by Gasteiger charge is 2.15. The van der Waals surface area contributed by atoms with Crippen molar-refractivity contribution in [3.8, 4) is 11.1 Å². The number of hydrogen-bond acceptors (Lipinski definition) is 6. The number of aromatic nitrogens is 2. The molecule has 2 heterocycles. The normalized spacial score (nSPS) is 10.9. The van der Waals surface area contributed by atoms with Crippen LogP contribution in [0.25, 0.3) is 21.3 Å². The topological polar surface area (TPSA) is 90.3 Å². The van der Waals surface area contributed by atoms with Crippen molar-refractivity contribution in [2.24, 2.45) is 0 Å². The molecular formula is C24H20ClN3O4S. The zero-order valence-corrected chi connectivity index (χ0v) is 19.5. The Balaban J connectivity index is 1.53. The number of carbonyl (C=O) groups is 2. The van der Waals surface area contributed by atoms with Gasteiger partial charge in [-0.15, -0.1) is 11.3 Å². The minimum Gasteiger partial charge on any atom is -0.465 e. The molecule has 2 aromatic carbocycles. The number of nitrogens with one attached hydrogen (secondary N) is 1. The lowest BCUT2D eigenvalue weighted by Gasteiger charge is -2.10. The van der Waals surface area contributed by atoms with Gasteiger partial charge in [-0.05, 0) is 30.7 Å². The molecule has 1 N–H and O–H groups in total. The highest BCUT2D eigenvalue weighted by atomic mass is 35.5. The predicted octanol–water partition coefficient (Wildman–Crippen LogP) is 4.90. The highest BCUT2D eigenvalue weighted by molar-refractivity contribution is 7.17. The average molecular weight is 482 g/mol. The maximum atomic E-state index is 13.2. The van der Waals surface area contributed by atoms with Gasteiger partial charge in [0.1, 0.15) is 4.83 Å². The summed E-state index contributed by atoms with van der Waals surface area (Å²) in [6.45, 7) is 2.15. The number of rotatable bonds is 6. The van der Waals surface area contributed by atoms with Crippen LogP contribution in [-0.4, -0.2) is 28.5 Å². The van der Waals surface area contributed by atoms with Gasteiger partial charge in [-0.3, -0.25) is 14.2 Å². The Kier molecular flexibility index (Phi) is 6.57. The third kappa shape index (κ3) is 4.81. The molecule has 4 aromatic rings. The molecule has 4 rings (SSSR count). The van der Waals surface area contributed by atoms with Crippen LogP contribution in [0, 0.1) is 6.92 Å². The van der Waals surface area contributed by atoms with Gasteiger partial charge in [-0.1, -0.05) is 41.4 Å². The second-order valence-electron chi connectivity index (χ2n) is 7.42. The number of thiophene rings is 1. The van der Waals surface area contributed by atoms with E-state index in [2.05, 4.69) is 10.3 Å². The zero-order valence-electron chi connectivity index (χ0n) is 17.9. The van der Waals surface area contributed by atoms with Crippen LogP contribution in [0.3, 0.4) is 0 Å². The molecule has 2 aromatic heterocycles. The van der Waals surface area contributed by atoms with E-state index in [0.717, 1.165) is 16.7 Å². The minimum atomic E-state index is -0.534. The van der Waals surface area contributed by atoms with Crippen molar-refractivity contribution < 1.29 is 14.3 Å². The van der Waals surface area contributed by atoms with Gasteiger partial charge in [0, 0.05) is 23.9 Å². The number of carbonyl (C=O) groups excluding carboxylic acids is 2. The Morgan fingerprint density at radius 1 is 1.18 bits per heavy atom. The zero-order chi connectivity index (χ0) is 23.5. The summed E-state index contributed by atoms with van der Waals surface area (Å²) < 4.78 is 6.12. The van der Waals surface area contributed by atoms with E-state index < -0.39 is 5.97 Å². The lowest BCUT2D eigenvalue weighted by atomic mass is 10.1. The summed E-state index contributed by atoms with van der Waals surface area (Å²) in [6.07, 6.45) is 1.48. The van der Waals surface area contributed by atoms with Gasteiger partial charge in [0.25, 0.3) is 5.56 Å². The molecule has 168 valence electrons. The second-order valence-corrected chi connectivity index (χ2v) is 8.69. The lowest BCUT2D eigenvalue weighted by Crippen LogP contribution is -2.23. The van der Waals surface area contributed by atoms with E-state index in [0.29, 0.717) is 15.9 Å². The number of hydrogen-bond donors (Lipinski definition) is 1. The fraction of sp³-hybridized carbons (Fsp3) is 0.167. The molecule has 9 heteroatoms. The van der Waals surface area contributed by atoms with Crippen molar-refractivity contribution >= 4 is 50.7 Å². The van der Waals surface area contributed by atoms with Crippen LogP contribution in [0.2, 0.25) is 5.02 Å². The summed E-state index contributed by atoms with van der Waals surface area (Å²) in [7, 11) is 1.27. The van der Waals surface area contributed by atoms with Gasteiger partial charge in [0.2, 0.25) is 5.91 Å². The van der Waals surface area contributed by atoms with Gasteiger partial charge >= 0.3 is 5.97 Å². The first-order valence-corrected chi connectivity index (χ1v) is 11.3. The van der Waals surface area contributed by atoms with E-state index in [1.165, 1.54) is 47.5 Å². The summed E-state index contributed by atoms with van der Waals surface area (Å²) in [5.74, 6) is -0.886. The summed E-state index contributed by atoms with van der Waals surface area (Å²) in [4.78, 5) is 42.4. The quantitative estimate of drug-likeness (QED) is 0.395. The number of aryl methyl sites for hydroxylation is 2. The molecular weight excluding hydrogens is 462 g/mol. The maximum absolute atomic E-state index is 13.2. The molecule has 0 aliphatic heterocycles.